The fourth-order valence-corrected chi connectivity index (χ4v) is 1.93. The minimum Gasteiger partial charge on any atom is -0.325 e. The second kappa shape index (κ2) is 5.85. The number of hydrogen-bond donors (Lipinski definition) is 2. The highest BCUT2D eigenvalue weighted by atomic mass is 19.1. The first-order valence-electron chi connectivity index (χ1n) is 6.41. The van der Waals surface area contributed by atoms with Gasteiger partial charge in [0.25, 0.3) is 0 Å². The van der Waals surface area contributed by atoms with Crippen LogP contribution in [-0.4, -0.2) is 12.5 Å². The number of carbonyl (C=O) groups excluding carboxylic acids is 1. The summed E-state index contributed by atoms with van der Waals surface area (Å²) in [6, 6.07) is 4.15. The van der Waals surface area contributed by atoms with Gasteiger partial charge in [-0.05, 0) is 37.0 Å². The lowest BCUT2D eigenvalue weighted by atomic mass is 10.1. The van der Waals surface area contributed by atoms with Crippen LogP contribution in [0.25, 0.3) is 0 Å². The van der Waals surface area contributed by atoms with Crippen molar-refractivity contribution in [3.05, 3.63) is 29.6 Å². The fraction of sp³-hybridized carbons (Fsp3) is 0.400. The van der Waals surface area contributed by atoms with Gasteiger partial charge in [-0.3, -0.25) is 4.79 Å². The minimum atomic E-state index is -0.380. The fourth-order valence-electron chi connectivity index (χ4n) is 1.93. The zero-order chi connectivity index (χ0) is 13.8. The van der Waals surface area contributed by atoms with E-state index in [1.807, 2.05) is 6.92 Å². The second-order valence-corrected chi connectivity index (χ2v) is 4.81. The molecule has 1 aromatic carbocycles. The zero-order valence-corrected chi connectivity index (χ0v) is 10.9. The number of rotatable bonds is 3. The first-order chi connectivity index (χ1) is 9.11. The van der Waals surface area contributed by atoms with E-state index < -0.39 is 0 Å². The van der Waals surface area contributed by atoms with E-state index in [0.717, 1.165) is 12.8 Å². The Morgan fingerprint density at radius 3 is 2.95 bits per heavy atom. The number of amides is 1. The number of carbonyl (C=O) groups is 1. The Hall–Kier alpha value is -1.86. The van der Waals surface area contributed by atoms with Gasteiger partial charge < -0.3 is 11.1 Å². The number of benzene rings is 1. The van der Waals surface area contributed by atoms with Crippen molar-refractivity contribution in [2.45, 2.75) is 19.8 Å². The first kappa shape index (κ1) is 13.6. The third-order valence-electron chi connectivity index (χ3n) is 3.31. The van der Waals surface area contributed by atoms with Crippen molar-refractivity contribution < 1.29 is 9.18 Å². The molecule has 0 radical (unpaired) electrons. The minimum absolute atomic E-state index is 0.0135. The van der Waals surface area contributed by atoms with Gasteiger partial charge in [-0.2, -0.15) is 0 Å². The Kier molecular flexibility index (Phi) is 4.18. The normalized spacial score (nSPS) is 15.3. The summed E-state index contributed by atoms with van der Waals surface area (Å²) in [5.41, 5.74) is 6.31. The first-order valence-corrected chi connectivity index (χ1v) is 6.41. The number of nitrogens with two attached hydrogens (primary N) is 1. The summed E-state index contributed by atoms with van der Waals surface area (Å²) in [5, 5.41) is 2.82. The summed E-state index contributed by atoms with van der Waals surface area (Å²) in [4.78, 5) is 12.0. The highest BCUT2D eigenvalue weighted by Gasteiger charge is 2.32. The summed E-state index contributed by atoms with van der Waals surface area (Å²) in [6.45, 7) is 2.12. The maximum Gasteiger partial charge on any atom is 0.227 e. The predicted molar refractivity (Wildman–Crippen MR) is 72.9 cm³/mol. The lowest BCUT2D eigenvalue weighted by molar-refractivity contribution is -0.119. The summed E-state index contributed by atoms with van der Waals surface area (Å²) in [7, 11) is 0. The lowest BCUT2D eigenvalue weighted by Gasteiger charge is -2.12. The van der Waals surface area contributed by atoms with Crippen LogP contribution in [0.2, 0.25) is 0 Å². The van der Waals surface area contributed by atoms with Crippen LogP contribution < -0.4 is 11.1 Å². The number of hydrogen-bond acceptors (Lipinski definition) is 2. The Morgan fingerprint density at radius 2 is 2.32 bits per heavy atom. The molecule has 1 atom stereocenters. The van der Waals surface area contributed by atoms with E-state index in [1.165, 1.54) is 18.2 Å². The molecule has 1 unspecified atom stereocenters. The third-order valence-corrected chi connectivity index (χ3v) is 3.31. The van der Waals surface area contributed by atoms with Gasteiger partial charge in [0, 0.05) is 5.92 Å². The summed E-state index contributed by atoms with van der Waals surface area (Å²) >= 11 is 0. The molecule has 19 heavy (non-hydrogen) atoms. The molecule has 0 heterocycles. The average Bonchev–Trinajstić information content (AvgIpc) is 3.22. The van der Waals surface area contributed by atoms with Crippen LogP contribution in [0.5, 0.6) is 0 Å². The predicted octanol–water partition coefficient (Wildman–Crippen LogP) is 2.12. The maximum absolute atomic E-state index is 13.2. The van der Waals surface area contributed by atoms with E-state index in [2.05, 4.69) is 17.2 Å². The van der Waals surface area contributed by atoms with Crippen LogP contribution in [0.4, 0.5) is 10.1 Å². The quantitative estimate of drug-likeness (QED) is 0.818. The highest BCUT2D eigenvalue weighted by Crippen LogP contribution is 2.37. The molecule has 1 fully saturated rings. The summed E-state index contributed by atoms with van der Waals surface area (Å²) < 4.78 is 13.2. The largest absolute Gasteiger partial charge is 0.325 e. The van der Waals surface area contributed by atoms with Gasteiger partial charge in [-0.1, -0.05) is 18.8 Å². The number of halogens is 1. The van der Waals surface area contributed by atoms with Crippen LogP contribution in [0.15, 0.2) is 18.2 Å². The Labute approximate surface area is 112 Å². The van der Waals surface area contributed by atoms with Gasteiger partial charge in [0.2, 0.25) is 5.91 Å². The van der Waals surface area contributed by atoms with Crippen molar-refractivity contribution in [2.75, 3.05) is 11.9 Å². The van der Waals surface area contributed by atoms with Crippen LogP contribution in [0.3, 0.4) is 0 Å². The number of nitrogens with one attached hydrogen (secondary N) is 1. The second-order valence-electron chi connectivity index (χ2n) is 4.81. The Balaban J connectivity index is 2.16. The zero-order valence-electron chi connectivity index (χ0n) is 10.9. The molecule has 1 aliphatic carbocycles. The van der Waals surface area contributed by atoms with Crippen LogP contribution in [0.1, 0.15) is 25.3 Å². The molecule has 100 valence electrons. The van der Waals surface area contributed by atoms with Gasteiger partial charge in [-0.15, -0.1) is 0 Å². The standard InChI is InChI=1S/C15H17FN2O/c1-10(11-4-5-11)15(19)18-14-7-6-13(16)9-12(14)3-2-8-17/h6-7,9-11H,4-5,8,17H2,1H3,(H,18,19). The van der Waals surface area contributed by atoms with E-state index in [0.29, 0.717) is 17.2 Å². The maximum atomic E-state index is 13.2. The van der Waals surface area contributed by atoms with E-state index in [9.17, 15) is 9.18 Å². The average molecular weight is 260 g/mol. The van der Waals surface area contributed by atoms with Crippen molar-refractivity contribution in [3.63, 3.8) is 0 Å². The third kappa shape index (κ3) is 3.55. The van der Waals surface area contributed by atoms with Gasteiger partial charge in [0.1, 0.15) is 5.82 Å². The van der Waals surface area contributed by atoms with E-state index in [-0.39, 0.29) is 24.2 Å². The molecule has 1 aliphatic rings. The Morgan fingerprint density at radius 1 is 1.58 bits per heavy atom. The lowest BCUT2D eigenvalue weighted by Crippen LogP contribution is -2.22. The molecule has 3 N–H and O–H groups in total. The monoisotopic (exact) mass is 260 g/mol. The van der Waals surface area contributed by atoms with Gasteiger partial charge in [0.05, 0.1) is 17.8 Å². The van der Waals surface area contributed by atoms with E-state index >= 15 is 0 Å². The molecule has 1 amide bonds. The molecule has 0 spiro atoms. The van der Waals surface area contributed by atoms with Crippen molar-refractivity contribution in [1.82, 2.24) is 0 Å². The molecule has 0 aromatic heterocycles. The molecule has 0 saturated heterocycles. The van der Waals surface area contributed by atoms with Crippen LogP contribution >= 0.6 is 0 Å². The van der Waals surface area contributed by atoms with Gasteiger partial charge in [-0.25, -0.2) is 4.39 Å². The van der Waals surface area contributed by atoms with E-state index in [4.69, 9.17) is 5.73 Å². The molecule has 0 bridgehead atoms. The SMILES string of the molecule is CC(C(=O)Nc1ccc(F)cc1C#CCN)C1CC1. The molecule has 1 aromatic rings. The van der Waals surface area contributed by atoms with Crippen molar-refractivity contribution in [2.24, 2.45) is 17.6 Å². The molecule has 2 rings (SSSR count). The number of anilines is 1. The van der Waals surface area contributed by atoms with Crippen LogP contribution in [0, 0.1) is 29.5 Å². The summed E-state index contributed by atoms with van der Waals surface area (Å²) in [5.74, 6) is 5.50. The molecule has 0 aliphatic heterocycles. The highest BCUT2D eigenvalue weighted by molar-refractivity contribution is 5.94. The van der Waals surface area contributed by atoms with Crippen molar-refractivity contribution in [1.29, 1.82) is 0 Å². The van der Waals surface area contributed by atoms with Gasteiger partial charge in [0.15, 0.2) is 0 Å². The topological polar surface area (TPSA) is 55.1 Å². The van der Waals surface area contributed by atoms with Crippen LogP contribution in [-0.2, 0) is 4.79 Å². The van der Waals surface area contributed by atoms with Gasteiger partial charge >= 0.3 is 0 Å². The molecule has 3 nitrogen and oxygen atoms in total. The van der Waals surface area contributed by atoms with Crippen molar-refractivity contribution >= 4 is 11.6 Å². The van der Waals surface area contributed by atoms with E-state index in [1.54, 1.807) is 0 Å². The molecular formula is C15H17FN2O. The smallest absolute Gasteiger partial charge is 0.227 e. The molecule has 4 heteroatoms. The summed E-state index contributed by atoms with van der Waals surface area (Å²) in [6.07, 6.45) is 2.22. The Bertz CT molecular complexity index is 541. The van der Waals surface area contributed by atoms with Crippen molar-refractivity contribution in [3.8, 4) is 11.8 Å². The molecular weight excluding hydrogens is 243 g/mol. The molecule has 1 saturated carbocycles.